The predicted molar refractivity (Wildman–Crippen MR) is 106 cm³/mol. The number of benzene rings is 1. The number of carboxylic acids is 1. The number of ether oxygens (including phenoxy) is 1. The van der Waals surface area contributed by atoms with Crippen LogP contribution in [0.2, 0.25) is 0 Å². The number of aliphatic carboxylic acids is 1. The molecule has 28 heavy (non-hydrogen) atoms. The van der Waals surface area contributed by atoms with Gasteiger partial charge in [-0.05, 0) is 61.3 Å². The summed E-state index contributed by atoms with van der Waals surface area (Å²) >= 11 is 0. The van der Waals surface area contributed by atoms with E-state index in [-0.39, 0.29) is 24.9 Å². The van der Waals surface area contributed by atoms with Crippen molar-refractivity contribution in [2.75, 3.05) is 12.4 Å². The summed E-state index contributed by atoms with van der Waals surface area (Å²) in [4.78, 5) is 23.5. The molecule has 0 saturated heterocycles. The molecule has 1 fully saturated rings. The van der Waals surface area contributed by atoms with Crippen molar-refractivity contribution in [2.24, 2.45) is 5.92 Å². The van der Waals surface area contributed by atoms with Crippen molar-refractivity contribution in [2.45, 2.75) is 52.1 Å². The minimum absolute atomic E-state index is 0.0462. The molecule has 1 aromatic rings. The quantitative estimate of drug-likeness (QED) is 0.543. The second kappa shape index (κ2) is 8.59. The van der Waals surface area contributed by atoms with E-state index < -0.39 is 5.97 Å². The van der Waals surface area contributed by atoms with Gasteiger partial charge in [-0.2, -0.15) is 0 Å². The minimum atomic E-state index is -0.786. The van der Waals surface area contributed by atoms with Gasteiger partial charge < -0.3 is 15.2 Å². The first kappa shape index (κ1) is 20.1. The smallest absolute Gasteiger partial charge is 0.341 e. The molecule has 1 aromatic carbocycles. The first-order chi connectivity index (χ1) is 13.5. The van der Waals surface area contributed by atoms with Crippen LogP contribution in [0, 0.1) is 12.8 Å². The van der Waals surface area contributed by atoms with Crippen molar-refractivity contribution in [3.05, 3.63) is 45.8 Å². The molecule has 0 spiro atoms. The van der Waals surface area contributed by atoms with E-state index >= 15 is 0 Å². The van der Waals surface area contributed by atoms with E-state index in [2.05, 4.69) is 11.4 Å². The van der Waals surface area contributed by atoms with E-state index in [1.807, 2.05) is 6.92 Å². The molecule has 1 aliphatic carbocycles. The lowest BCUT2D eigenvalue weighted by Crippen LogP contribution is -2.15. The van der Waals surface area contributed by atoms with E-state index in [1.165, 1.54) is 6.08 Å². The summed E-state index contributed by atoms with van der Waals surface area (Å²) in [6.45, 7) is 2.07. The number of esters is 1. The van der Waals surface area contributed by atoms with Crippen molar-refractivity contribution < 1.29 is 23.8 Å². The fourth-order valence-corrected chi connectivity index (χ4v) is 4.46. The molecule has 150 valence electrons. The molecule has 2 N–H and O–H groups in total. The average Bonchev–Trinajstić information content (AvgIpc) is 3.05. The number of carbonyl (C=O) groups is 2. The number of fused-ring (bicyclic) bond motifs is 1. The monoisotopic (exact) mass is 387 g/mol. The Labute approximate surface area is 164 Å². The maximum absolute atomic E-state index is 13.1. The van der Waals surface area contributed by atoms with Gasteiger partial charge in [-0.15, -0.1) is 0 Å². The molecule has 3 rings (SSSR count). The topological polar surface area (TPSA) is 75.6 Å². The van der Waals surface area contributed by atoms with Gasteiger partial charge in [0, 0.05) is 12.6 Å². The van der Waals surface area contributed by atoms with Crippen molar-refractivity contribution in [3.8, 4) is 0 Å². The van der Waals surface area contributed by atoms with Crippen molar-refractivity contribution in [1.29, 1.82) is 0 Å². The molecular weight excluding hydrogens is 361 g/mol. The summed E-state index contributed by atoms with van der Waals surface area (Å²) in [5, 5.41) is 12.3. The van der Waals surface area contributed by atoms with Gasteiger partial charge >= 0.3 is 11.9 Å². The standard InChI is InChI=1S/C22H26FNO4/c1-13-16(9-10-23)17(21(24-2)20-18(13)12-28-22(20)27)8-7-14-5-3-4-6-15(14)11-19(25)26/h7,9-10,15,24H,3-6,8,11-12H2,1-2H3,(H,25,26)/b10-9?,14-7+. The number of anilines is 1. The first-order valence-corrected chi connectivity index (χ1v) is 9.68. The van der Waals surface area contributed by atoms with Gasteiger partial charge in [0.2, 0.25) is 0 Å². The summed E-state index contributed by atoms with van der Waals surface area (Å²) in [7, 11) is 1.74. The van der Waals surface area contributed by atoms with Gasteiger partial charge in [0.25, 0.3) is 0 Å². The average molecular weight is 387 g/mol. The number of hydrogen-bond acceptors (Lipinski definition) is 4. The molecule has 5 nitrogen and oxygen atoms in total. The summed E-state index contributed by atoms with van der Waals surface area (Å²) in [5.41, 5.74) is 5.54. The molecule has 1 heterocycles. The molecule has 0 aromatic heterocycles. The Bertz CT molecular complexity index is 857. The number of halogens is 1. The van der Waals surface area contributed by atoms with E-state index in [0.717, 1.165) is 53.5 Å². The fourth-order valence-electron chi connectivity index (χ4n) is 4.46. The highest BCUT2D eigenvalue weighted by Crippen LogP contribution is 2.39. The predicted octanol–water partition coefficient (Wildman–Crippen LogP) is 4.78. The normalized spacial score (nSPS) is 20.5. The number of carboxylic acid groups (broad SMARTS) is 1. The Kier molecular flexibility index (Phi) is 6.17. The number of rotatable bonds is 6. The van der Waals surface area contributed by atoms with Crippen molar-refractivity contribution in [3.63, 3.8) is 0 Å². The van der Waals surface area contributed by atoms with Crippen molar-refractivity contribution >= 4 is 23.7 Å². The third-order valence-electron chi connectivity index (χ3n) is 5.85. The highest BCUT2D eigenvalue weighted by atomic mass is 19.1. The van der Waals surface area contributed by atoms with Crippen LogP contribution in [-0.4, -0.2) is 24.1 Å². The lowest BCUT2D eigenvalue weighted by Gasteiger charge is -2.25. The van der Waals surface area contributed by atoms with Gasteiger partial charge in [-0.25, -0.2) is 9.18 Å². The molecule has 0 amide bonds. The number of hydrogen-bond donors (Lipinski definition) is 2. The van der Waals surface area contributed by atoms with E-state index in [4.69, 9.17) is 4.74 Å². The lowest BCUT2D eigenvalue weighted by molar-refractivity contribution is -0.137. The third kappa shape index (κ3) is 3.81. The minimum Gasteiger partial charge on any atom is -0.481 e. The lowest BCUT2D eigenvalue weighted by atomic mass is 9.81. The Morgan fingerprint density at radius 2 is 2.18 bits per heavy atom. The van der Waals surface area contributed by atoms with Gasteiger partial charge in [0.05, 0.1) is 24.0 Å². The Balaban J connectivity index is 2.05. The Hall–Kier alpha value is -2.63. The molecule has 0 bridgehead atoms. The van der Waals surface area contributed by atoms with E-state index in [9.17, 15) is 19.1 Å². The second-order valence-electron chi connectivity index (χ2n) is 7.39. The maximum Gasteiger partial charge on any atom is 0.341 e. The largest absolute Gasteiger partial charge is 0.481 e. The first-order valence-electron chi connectivity index (χ1n) is 9.68. The zero-order valence-corrected chi connectivity index (χ0v) is 16.3. The summed E-state index contributed by atoms with van der Waals surface area (Å²) in [6, 6.07) is 0. The molecule has 1 unspecified atom stereocenters. The zero-order valence-electron chi connectivity index (χ0n) is 16.3. The van der Waals surface area contributed by atoms with Gasteiger partial charge in [-0.1, -0.05) is 18.1 Å². The highest BCUT2D eigenvalue weighted by molar-refractivity contribution is 6.01. The van der Waals surface area contributed by atoms with Crippen LogP contribution in [0.3, 0.4) is 0 Å². The van der Waals surface area contributed by atoms with Crippen LogP contribution in [0.4, 0.5) is 10.1 Å². The van der Waals surface area contributed by atoms with Crippen molar-refractivity contribution in [1.82, 2.24) is 0 Å². The molecule has 1 aliphatic heterocycles. The number of carbonyl (C=O) groups excluding carboxylic acids is 1. The Morgan fingerprint density at radius 1 is 1.39 bits per heavy atom. The summed E-state index contributed by atoms with van der Waals surface area (Å²) in [5.74, 6) is -1.11. The van der Waals surface area contributed by atoms with E-state index in [1.54, 1.807) is 7.05 Å². The summed E-state index contributed by atoms with van der Waals surface area (Å²) in [6.07, 6.45) is 8.49. The number of allylic oxidation sites excluding steroid dienone is 2. The van der Waals surface area contributed by atoms with E-state index in [0.29, 0.717) is 24.0 Å². The number of nitrogens with one attached hydrogen (secondary N) is 1. The number of cyclic esters (lactones) is 1. The zero-order chi connectivity index (χ0) is 20.3. The van der Waals surface area contributed by atoms with Crippen LogP contribution < -0.4 is 5.32 Å². The molecule has 2 aliphatic rings. The van der Waals surface area contributed by atoms with Crippen LogP contribution >= 0.6 is 0 Å². The molecule has 1 atom stereocenters. The van der Waals surface area contributed by atoms with Crippen LogP contribution in [0.15, 0.2) is 18.0 Å². The third-order valence-corrected chi connectivity index (χ3v) is 5.85. The maximum atomic E-state index is 13.1. The van der Waals surface area contributed by atoms with Crippen LogP contribution in [-0.2, 0) is 22.6 Å². The van der Waals surface area contributed by atoms with Gasteiger partial charge in [0.15, 0.2) is 0 Å². The molecule has 1 saturated carbocycles. The van der Waals surface area contributed by atoms with Gasteiger partial charge in [-0.3, -0.25) is 4.79 Å². The second-order valence-corrected chi connectivity index (χ2v) is 7.39. The van der Waals surface area contributed by atoms with Crippen LogP contribution in [0.1, 0.15) is 64.7 Å². The van der Waals surface area contributed by atoms with Crippen LogP contribution in [0.25, 0.3) is 6.08 Å². The SMILES string of the molecule is CNc1c(C/C=C2\CCCCC2CC(=O)O)c(C=CF)c(C)c2c1C(=O)OC2. The van der Waals surface area contributed by atoms with Gasteiger partial charge in [0.1, 0.15) is 6.61 Å². The molecular formula is C22H26FNO4. The van der Waals surface area contributed by atoms with Crippen LogP contribution in [0.5, 0.6) is 0 Å². The fraction of sp³-hybridized carbons (Fsp3) is 0.455. The summed E-state index contributed by atoms with van der Waals surface area (Å²) < 4.78 is 18.3. The molecule has 0 radical (unpaired) electrons. The highest BCUT2D eigenvalue weighted by Gasteiger charge is 2.30. The molecule has 6 heteroatoms. The Morgan fingerprint density at radius 3 is 2.86 bits per heavy atom.